The lowest BCUT2D eigenvalue weighted by atomic mass is 10.0. The van der Waals surface area contributed by atoms with Gasteiger partial charge in [-0.15, -0.1) is 0 Å². The van der Waals surface area contributed by atoms with Crippen molar-refractivity contribution >= 4 is 5.97 Å². The van der Waals surface area contributed by atoms with Gasteiger partial charge in [0, 0.05) is 24.6 Å². The molecule has 0 fully saturated rings. The molecule has 1 N–H and O–H groups in total. The second-order valence-corrected chi connectivity index (χ2v) is 6.84. The van der Waals surface area contributed by atoms with E-state index in [1.807, 2.05) is 22.9 Å². The van der Waals surface area contributed by atoms with Crippen molar-refractivity contribution in [2.45, 2.75) is 52.5 Å². The summed E-state index contributed by atoms with van der Waals surface area (Å²) < 4.78 is 1.95. The summed E-state index contributed by atoms with van der Waals surface area (Å²) in [4.78, 5) is 20.7. The highest BCUT2D eigenvalue weighted by Gasteiger charge is 2.13. The predicted molar refractivity (Wildman–Crippen MR) is 108 cm³/mol. The number of aromatic carboxylic acids is 1. The van der Waals surface area contributed by atoms with Crippen LogP contribution in [0.4, 0.5) is 0 Å². The number of pyridine rings is 1. The summed E-state index contributed by atoms with van der Waals surface area (Å²) in [7, 11) is 0. The number of carbonyl (C=O) groups is 1. The van der Waals surface area contributed by atoms with Gasteiger partial charge in [0.25, 0.3) is 0 Å². The van der Waals surface area contributed by atoms with Crippen molar-refractivity contribution in [3.05, 3.63) is 65.5 Å². The minimum Gasteiger partial charge on any atom is -0.478 e. The minimum atomic E-state index is -0.939. The summed E-state index contributed by atoms with van der Waals surface area (Å²) in [5.41, 5.74) is 2.61. The third kappa shape index (κ3) is 4.63. The van der Waals surface area contributed by atoms with Crippen LogP contribution in [0.2, 0.25) is 0 Å². The number of hydrogen-bond acceptors (Lipinski definition) is 4. The third-order valence-electron chi connectivity index (χ3n) is 4.62. The Morgan fingerprint density at radius 1 is 1.07 bits per heavy atom. The molecule has 0 aliphatic rings. The smallest absolute Gasteiger partial charge is 0.336 e. The molecule has 0 saturated heterocycles. The SMILES string of the molecule is CCCCc1nc(CCC)n(Cc2ccc(-c3ccccc3C(=O)O)cn2)n1. The van der Waals surface area contributed by atoms with Crippen LogP contribution in [0.1, 0.15) is 60.8 Å². The highest BCUT2D eigenvalue weighted by Crippen LogP contribution is 2.23. The molecule has 28 heavy (non-hydrogen) atoms. The normalized spacial score (nSPS) is 10.9. The molecule has 146 valence electrons. The maximum atomic E-state index is 11.4. The number of benzene rings is 1. The Kier molecular flexibility index (Phi) is 6.53. The number of nitrogens with zero attached hydrogens (tertiary/aromatic N) is 4. The molecule has 0 aliphatic carbocycles. The van der Waals surface area contributed by atoms with E-state index in [-0.39, 0.29) is 5.56 Å². The van der Waals surface area contributed by atoms with Crippen LogP contribution in [0.3, 0.4) is 0 Å². The first kappa shape index (κ1) is 19.7. The highest BCUT2D eigenvalue weighted by atomic mass is 16.4. The zero-order valence-corrected chi connectivity index (χ0v) is 16.4. The summed E-state index contributed by atoms with van der Waals surface area (Å²) in [6.07, 6.45) is 6.75. The van der Waals surface area contributed by atoms with Gasteiger partial charge in [-0.2, -0.15) is 5.10 Å². The van der Waals surface area contributed by atoms with E-state index in [0.29, 0.717) is 12.1 Å². The lowest BCUT2D eigenvalue weighted by Gasteiger charge is -2.08. The monoisotopic (exact) mass is 378 g/mol. The fraction of sp³-hybridized carbons (Fsp3) is 0.364. The summed E-state index contributed by atoms with van der Waals surface area (Å²) in [6.45, 7) is 4.87. The van der Waals surface area contributed by atoms with Crippen LogP contribution in [0.5, 0.6) is 0 Å². The quantitative estimate of drug-likeness (QED) is 0.597. The van der Waals surface area contributed by atoms with Gasteiger partial charge in [0.15, 0.2) is 5.82 Å². The summed E-state index contributed by atoms with van der Waals surface area (Å²) in [6, 6.07) is 10.8. The van der Waals surface area contributed by atoms with E-state index in [1.165, 1.54) is 0 Å². The summed E-state index contributed by atoms with van der Waals surface area (Å²) >= 11 is 0. The van der Waals surface area contributed by atoms with E-state index in [0.717, 1.165) is 55.0 Å². The van der Waals surface area contributed by atoms with Crippen molar-refractivity contribution in [3.8, 4) is 11.1 Å². The first-order valence-electron chi connectivity index (χ1n) is 9.82. The molecule has 2 heterocycles. The molecule has 2 aromatic heterocycles. The molecular formula is C22H26N4O2. The lowest BCUT2D eigenvalue weighted by molar-refractivity contribution is 0.0697. The molecule has 0 amide bonds. The summed E-state index contributed by atoms with van der Waals surface area (Å²) in [5, 5.41) is 14.0. The van der Waals surface area contributed by atoms with E-state index in [4.69, 9.17) is 0 Å². The number of unbranched alkanes of at least 4 members (excludes halogenated alkanes) is 1. The second kappa shape index (κ2) is 9.26. The topological polar surface area (TPSA) is 80.9 Å². The minimum absolute atomic E-state index is 0.277. The lowest BCUT2D eigenvalue weighted by Crippen LogP contribution is -2.08. The van der Waals surface area contributed by atoms with Crippen molar-refractivity contribution in [2.75, 3.05) is 0 Å². The Labute approximate surface area is 165 Å². The molecule has 0 unspecified atom stereocenters. The van der Waals surface area contributed by atoms with Crippen LogP contribution in [0.15, 0.2) is 42.6 Å². The third-order valence-corrected chi connectivity index (χ3v) is 4.62. The first-order chi connectivity index (χ1) is 13.6. The molecule has 0 bridgehead atoms. The van der Waals surface area contributed by atoms with Crippen LogP contribution in [-0.2, 0) is 19.4 Å². The number of carboxylic acids is 1. The van der Waals surface area contributed by atoms with Crippen LogP contribution in [-0.4, -0.2) is 30.8 Å². The van der Waals surface area contributed by atoms with Crippen molar-refractivity contribution in [1.82, 2.24) is 19.7 Å². The summed E-state index contributed by atoms with van der Waals surface area (Å²) in [5.74, 6) is 0.958. The molecule has 3 aromatic rings. The first-order valence-corrected chi connectivity index (χ1v) is 9.82. The average molecular weight is 378 g/mol. The second-order valence-electron chi connectivity index (χ2n) is 6.84. The van der Waals surface area contributed by atoms with Crippen molar-refractivity contribution in [1.29, 1.82) is 0 Å². The van der Waals surface area contributed by atoms with E-state index >= 15 is 0 Å². The Morgan fingerprint density at radius 2 is 1.89 bits per heavy atom. The van der Waals surface area contributed by atoms with Crippen LogP contribution < -0.4 is 0 Å². The van der Waals surface area contributed by atoms with Crippen LogP contribution in [0, 0.1) is 0 Å². The maximum Gasteiger partial charge on any atom is 0.336 e. The zero-order valence-electron chi connectivity index (χ0n) is 16.4. The standard InChI is InChI=1S/C22H26N4O2/c1-3-5-11-20-24-21(8-4-2)26(25-20)15-17-13-12-16(14-23-17)18-9-6-7-10-19(18)22(27)28/h6-7,9-10,12-14H,3-5,8,11,15H2,1-2H3,(H,27,28). The van der Waals surface area contributed by atoms with Gasteiger partial charge in [-0.05, 0) is 30.5 Å². The Hall–Kier alpha value is -3.02. The number of hydrogen-bond donors (Lipinski definition) is 1. The largest absolute Gasteiger partial charge is 0.478 e. The molecule has 0 atom stereocenters. The molecule has 6 heteroatoms. The van der Waals surface area contributed by atoms with E-state index in [2.05, 4.69) is 28.9 Å². The van der Waals surface area contributed by atoms with Crippen LogP contribution in [0.25, 0.3) is 11.1 Å². The fourth-order valence-electron chi connectivity index (χ4n) is 3.15. The van der Waals surface area contributed by atoms with Crippen molar-refractivity contribution in [3.63, 3.8) is 0 Å². The van der Waals surface area contributed by atoms with Gasteiger partial charge in [0.2, 0.25) is 0 Å². The molecular weight excluding hydrogens is 352 g/mol. The van der Waals surface area contributed by atoms with Gasteiger partial charge in [-0.3, -0.25) is 4.98 Å². The fourth-order valence-corrected chi connectivity index (χ4v) is 3.15. The van der Waals surface area contributed by atoms with Gasteiger partial charge in [0.1, 0.15) is 5.82 Å². The van der Waals surface area contributed by atoms with Crippen LogP contribution >= 0.6 is 0 Å². The van der Waals surface area contributed by atoms with E-state index in [1.54, 1.807) is 24.4 Å². The van der Waals surface area contributed by atoms with Crippen molar-refractivity contribution in [2.24, 2.45) is 0 Å². The molecule has 0 spiro atoms. The molecule has 0 aliphatic heterocycles. The van der Waals surface area contributed by atoms with Gasteiger partial charge in [-0.1, -0.05) is 44.5 Å². The van der Waals surface area contributed by atoms with Crippen molar-refractivity contribution < 1.29 is 9.90 Å². The van der Waals surface area contributed by atoms with Gasteiger partial charge in [0.05, 0.1) is 17.8 Å². The van der Waals surface area contributed by atoms with E-state index < -0.39 is 5.97 Å². The highest BCUT2D eigenvalue weighted by molar-refractivity contribution is 5.95. The predicted octanol–water partition coefficient (Wildman–Crippen LogP) is 4.38. The Balaban J connectivity index is 1.81. The zero-order chi connectivity index (χ0) is 19.9. The molecule has 1 aromatic carbocycles. The number of aromatic nitrogens is 4. The number of aryl methyl sites for hydroxylation is 2. The van der Waals surface area contributed by atoms with Gasteiger partial charge in [-0.25, -0.2) is 14.5 Å². The maximum absolute atomic E-state index is 11.4. The number of carboxylic acid groups (broad SMARTS) is 1. The average Bonchev–Trinajstić information content (AvgIpc) is 3.08. The number of rotatable bonds is 9. The molecule has 3 rings (SSSR count). The molecule has 0 saturated carbocycles. The van der Waals surface area contributed by atoms with E-state index in [9.17, 15) is 9.90 Å². The molecule has 0 radical (unpaired) electrons. The molecule has 6 nitrogen and oxygen atoms in total. The Morgan fingerprint density at radius 3 is 2.57 bits per heavy atom. The Bertz CT molecular complexity index is 932. The van der Waals surface area contributed by atoms with Gasteiger partial charge < -0.3 is 5.11 Å². The van der Waals surface area contributed by atoms with Gasteiger partial charge >= 0.3 is 5.97 Å².